The first-order chi connectivity index (χ1) is 24.8. The van der Waals surface area contributed by atoms with Crippen LogP contribution in [0, 0.1) is 11.8 Å². The molecular weight excluding hydrogens is 657 g/mol. The molecule has 276 valence electrons. The summed E-state index contributed by atoms with van der Waals surface area (Å²) in [7, 11) is -0.389. The van der Waals surface area contributed by atoms with Crippen LogP contribution in [0.4, 0.5) is 0 Å². The summed E-state index contributed by atoms with van der Waals surface area (Å²) in [6.45, 7) is 8.32. The number of rotatable bonds is 17. The van der Waals surface area contributed by atoms with E-state index in [2.05, 4.69) is 76.2 Å². The molecule has 0 bridgehead atoms. The Hall–Kier alpha value is -3.45. The second-order valence-corrected chi connectivity index (χ2v) is 16.3. The Morgan fingerprint density at radius 2 is 0.882 bits per heavy atom. The van der Waals surface area contributed by atoms with E-state index >= 15 is 0 Å². The van der Waals surface area contributed by atoms with E-state index in [0.29, 0.717) is 23.3 Å². The summed E-state index contributed by atoms with van der Waals surface area (Å²) >= 11 is 0. The maximum Gasteiger partial charge on any atom is 0.344 e. The van der Waals surface area contributed by atoms with Gasteiger partial charge in [0.25, 0.3) is 0 Å². The molecule has 2 aliphatic rings. The summed E-state index contributed by atoms with van der Waals surface area (Å²) < 4.78 is 24.2. The van der Waals surface area contributed by atoms with E-state index in [1.165, 1.54) is 43.4 Å². The van der Waals surface area contributed by atoms with E-state index in [1.807, 2.05) is 30.3 Å². The number of carbonyl (C=O) groups is 2. The predicted octanol–water partition coefficient (Wildman–Crippen LogP) is 10.9. The zero-order valence-corrected chi connectivity index (χ0v) is 32.1. The number of benzene rings is 3. The van der Waals surface area contributed by atoms with Gasteiger partial charge in [-0.1, -0.05) is 84.4 Å². The van der Waals surface area contributed by atoms with Crippen molar-refractivity contribution in [2.75, 3.05) is 13.2 Å². The molecule has 6 nitrogen and oxygen atoms in total. The van der Waals surface area contributed by atoms with E-state index in [4.69, 9.17) is 18.9 Å². The molecular formula is C44H59O6S+. The Morgan fingerprint density at radius 3 is 1.24 bits per heavy atom. The van der Waals surface area contributed by atoms with Crippen molar-refractivity contribution in [1.82, 2.24) is 0 Å². The van der Waals surface area contributed by atoms with Crippen molar-refractivity contribution in [3.8, 4) is 11.5 Å². The van der Waals surface area contributed by atoms with Crippen molar-refractivity contribution in [1.29, 1.82) is 0 Å². The summed E-state index contributed by atoms with van der Waals surface area (Å²) in [4.78, 5) is 29.5. The number of esters is 2. The first-order valence-electron chi connectivity index (χ1n) is 19.5. The van der Waals surface area contributed by atoms with E-state index in [1.54, 1.807) is 0 Å². The Balaban J connectivity index is 1.21. The third kappa shape index (κ3) is 9.91. The topological polar surface area (TPSA) is 71.1 Å². The van der Waals surface area contributed by atoms with Crippen molar-refractivity contribution in [3.63, 3.8) is 0 Å². The summed E-state index contributed by atoms with van der Waals surface area (Å²) in [6, 6.07) is 26.4. The zero-order valence-electron chi connectivity index (χ0n) is 31.3. The van der Waals surface area contributed by atoms with Gasteiger partial charge >= 0.3 is 11.9 Å². The van der Waals surface area contributed by atoms with Crippen LogP contribution in [0.3, 0.4) is 0 Å². The zero-order chi connectivity index (χ0) is 36.1. The molecule has 2 saturated carbocycles. The maximum atomic E-state index is 13.0. The Kier molecular flexibility index (Phi) is 14.3. The lowest BCUT2D eigenvalue weighted by atomic mass is 9.74. The summed E-state index contributed by atoms with van der Waals surface area (Å²) in [5.41, 5.74) is -0.799. The summed E-state index contributed by atoms with van der Waals surface area (Å²) in [6.07, 6.45) is 15.2. The van der Waals surface area contributed by atoms with Crippen molar-refractivity contribution in [2.45, 2.75) is 143 Å². The van der Waals surface area contributed by atoms with Gasteiger partial charge in [-0.25, -0.2) is 9.59 Å². The largest absolute Gasteiger partial charge is 0.482 e. The van der Waals surface area contributed by atoms with E-state index < -0.39 is 11.2 Å². The molecule has 0 N–H and O–H groups in total. The lowest BCUT2D eigenvalue weighted by Crippen LogP contribution is -2.43. The molecule has 2 aliphatic carbocycles. The summed E-state index contributed by atoms with van der Waals surface area (Å²) in [5, 5.41) is 0. The van der Waals surface area contributed by atoms with Gasteiger partial charge in [-0.15, -0.1) is 0 Å². The Bertz CT molecular complexity index is 1390. The monoisotopic (exact) mass is 715 g/mol. The van der Waals surface area contributed by atoms with Crippen LogP contribution in [0.15, 0.2) is 93.5 Å². The number of hydrogen-bond donors (Lipinski definition) is 0. The van der Waals surface area contributed by atoms with Gasteiger partial charge in [-0.3, -0.25) is 0 Å². The van der Waals surface area contributed by atoms with Crippen LogP contribution in [0.5, 0.6) is 11.5 Å². The van der Waals surface area contributed by atoms with Crippen LogP contribution in [-0.4, -0.2) is 36.4 Å². The van der Waals surface area contributed by atoms with E-state index in [0.717, 1.165) is 61.2 Å². The highest BCUT2D eigenvalue weighted by molar-refractivity contribution is 7.97. The fraction of sp³-hybridized carbons (Fsp3) is 0.545. The van der Waals surface area contributed by atoms with Gasteiger partial charge in [-0.2, -0.15) is 0 Å². The third-order valence-corrected chi connectivity index (χ3v) is 13.8. The Labute approximate surface area is 309 Å². The highest BCUT2D eigenvalue weighted by atomic mass is 32.2. The van der Waals surface area contributed by atoms with Gasteiger partial charge in [0.1, 0.15) is 22.7 Å². The molecule has 0 heterocycles. The molecule has 2 fully saturated rings. The van der Waals surface area contributed by atoms with Crippen molar-refractivity contribution >= 4 is 22.8 Å². The summed E-state index contributed by atoms with van der Waals surface area (Å²) in [5.74, 6) is 1.53. The number of hydrogen-bond acceptors (Lipinski definition) is 6. The van der Waals surface area contributed by atoms with Crippen LogP contribution in [-0.2, 0) is 30.0 Å². The standard InChI is InChI=1S/C44H59O6S/c1-5-43(6-2,34-18-12-9-13-19-34)49-41(45)32-47-36-24-28-39(29-25-36)51(38-22-16-11-17-23-38)40-30-26-37(27-31-40)48-33-42(46)50-44(7-3,8-4)35-20-14-10-15-21-35/h11,16-17,22-31,34-35H,5-10,12-15,18-21,32-33H2,1-4H3/q+1. The fourth-order valence-electron chi connectivity index (χ4n) is 8.47. The molecule has 0 amide bonds. The smallest absolute Gasteiger partial charge is 0.344 e. The lowest BCUT2D eigenvalue weighted by Gasteiger charge is -2.41. The van der Waals surface area contributed by atoms with Crippen LogP contribution in [0.25, 0.3) is 0 Å². The minimum absolute atomic E-state index is 0.105. The fourth-order valence-corrected chi connectivity index (χ4v) is 10.5. The van der Waals surface area contributed by atoms with Crippen molar-refractivity contribution in [3.05, 3.63) is 78.9 Å². The average Bonchev–Trinajstić information content (AvgIpc) is 3.19. The van der Waals surface area contributed by atoms with E-state index in [-0.39, 0.29) is 36.0 Å². The van der Waals surface area contributed by atoms with Gasteiger partial charge in [-0.05, 0) is 124 Å². The second kappa shape index (κ2) is 18.9. The molecule has 51 heavy (non-hydrogen) atoms. The van der Waals surface area contributed by atoms with Crippen LogP contribution >= 0.6 is 0 Å². The molecule has 3 aromatic rings. The van der Waals surface area contributed by atoms with Crippen LogP contribution in [0.1, 0.15) is 118 Å². The second-order valence-electron chi connectivity index (χ2n) is 14.3. The maximum absolute atomic E-state index is 13.0. The molecule has 0 atom stereocenters. The molecule has 0 aliphatic heterocycles. The highest BCUT2D eigenvalue weighted by Gasteiger charge is 2.41. The predicted molar refractivity (Wildman–Crippen MR) is 204 cm³/mol. The van der Waals surface area contributed by atoms with Gasteiger partial charge in [0.05, 0.1) is 10.9 Å². The SMILES string of the molecule is CCC(CC)(OC(=O)COc1ccc([S+](c2ccccc2)c2ccc(OCC(=O)OC(CC)(CC)C3CCCCC3)cc2)cc1)C1CCCCC1. The quantitative estimate of drug-likeness (QED) is 0.102. The van der Waals surface area contributed by atoms with Crippen LogP contribution in [0.2, 0.25) is 0 Å². The molecule has 0 saturated heterocycles. The van der Waals surface area contributed by atoms with Crippen molar-refractivity contribution in [2.24, 2.45) is 11.8 Å². The number of carbonyl (C=O) groups excluding carboxylic acids is 2. The minimum Gasteiger partial charge on any atom is -0.482 e. The van der Waals surface area contributed by atoms with E-state index in [9.17, 15) is 9.59 Å². The molecule has 0 unspecified atom stereocenters. The molecule has 0 aromatic heterocycles. The average molecular weight is 716 g/mol. The Morgan fingerprint density at radius 1 is 0.529 bits per heavy atom. The minimum atomic E-state index is -0.400. The highest BCUT2D eigenvalue weighted by Crippen LogP contribution is 2.41. The first kappa shape index (κ1) is 38.8. The molecule has 0 spiro atoms. The number of ether oxygens (including phenoxy) is 4. The third-order valence-electron chi connectivity index (χ3n) is 11.5. The lowest BCUT2D eigenvalue weighted by molar-refractivity contribution is -0.172. The molecule has 7 heteroatoms. The van der Waals surface area contributed by atoms with Crippen molar-refractivity contribution < 1.29 is 28.5 Å². The molecule has 3 aromatic carbocycles. The van der Waals surface area contributed by atoms with Gasteiger partial charge in [0, 0.05) is 0 Å². The first-order valence-corrected chi connectivity index (χ1v) is 20.8. The van der Waals surface area contributed by atoms with Crippen LogP contribution < -0.4 is 9.47 Å². The van der Waals surface area contributed by atoms with Gasteiger partial charge in [0.2, 0.25) is 0 Å². The van der Waals surface area contributed by atoms with Gasteiger partial charge < -0.3 is 18.9 Å². The van der Waals surface area contributed by atoms with Gasteiger partial charge in [0.15, 0.2) is 27.9 Å². The molecule has 5 rings (SSSR count). The normalized spacial score (nSPS) is 16.1. The molecule has 0 radical (unpaired) electrons.